The minimum Gasteiger partial charge on any atom is -0.369 e. The molecule has 0 atom stereocenters. The fraction of sp³-hybridized carbons (Fsp3) is 0.600. The summed E-state index contributed by atoms with van der Waals surface area (Å²) in [5.74, 6) is -0.602. The normalized spacial score (nSPS) is 12.3. The number of nitrogens with two attached hydrogens (primary N) is 1. The van der Waals surface area contributed by atoms with E-state index in [1.54, 1.807) is 6.92 Å². The van der Waals surface area contributed by atoms with Gasteiger partial charge in [0, 0.05) is 6.54 Å². The molecule has 1 aromatic heterocycles. The lowest BCUT2D eigenvalue weighted by Crippen LogP contribution is -2.40. The lowest BCUT2D eigenvalue weighted by atomic mass is 10.2. The zero-order valence-corrected chi connectivity index (χ0v) is 14.1. The molecule has 108 valence electrons. The summed E-state index contributed by atoms with van der Waals surface area (Å²) in [5.41, 5.74) is 5.71. The van der Waals surface area contributed by atoms with Gasteiger partial charge >= 0.3 is 0 Å². The Balaban J connectivity index is 3.14. The summed E-state index contributed by atoms with van der Waals surface area (Å²) in [7, 11) is -3.78. The first-order chi connectivity index (χ1) is 8.64. The number of sulfonamides is 1. The van der Waals surface area contributed by atoms with Crippen molar-refractivity contribution in [1.82, 2.24) is 9.29 Å². The monoisotopic (exact) mass is 369 g/mol. The Hall–Kier alpha value is -0.510. The van der Waals surface area contributed by atoms with Crippen molar-refractivity contribution >= 4 is 43.2 Å². The quantitative estimate of drug-likeness (QED) is 0.818. The number of aryl methyl sites for hydroxylation is 1. The van der Waals surface area contributed by atoms with Crippen molar-refractivity contribution in [3.63, 3.8) is 0 Å². The van der Waals surface area contributed by atoms with E-state index in [9.17, 15) is 13.2 Å². The molecule has 9 heteroatoms. The van der Waals surface area contributed by atoms with Crippen LogP contribution in [0.15, 0.2) is 8.13 Å². The van der Waals surface area contributed by atoms with Gasteiger partial charge in [0.05, 0.1) is 16.0 Å². The van der Waals surface area contributed by atoms with E-state index in [0.717, 1.165) is 15.6 Å². The van der Waals surface area contributed by atoms with Gasteiger partial charge in [-0.2, -0.15) is 4.31 Å². The summed E-state index contributed by atoms with van der Waals surface area (Å²) in [4.78, 5) is 15.0. The molecule has 0 aliphatic carbocycles. The highest BCUT2D eigenvalue weighted by Crippen LogP contribution is 2.29. The predicted octanol–water partition coefficient (Wildman–Crippen LogP) is 1.35. The largest absolute Gasteiger partial charge is 0.369 e. The number of aromatic nitrogens is 1. The van der Waals surface area contributed by atoms with Crippen LogP contribution in [-0.2, 0) is 14.8 Å². The van der Waals surface area contributed by atoms with Crippen LogP contribution in [0.5, 0.6) is 0 Å². The van der Waals surface area contributed by atoms with E-state index >= 15 is 0 Å². The van der Waals surface area contributed by atoms with E-state index in [4.69, 9.17) is 5.73 Å². The van der Waals surface area contributed by atoms with Crippen LogP contribution in [0.25, 0.3) is 0 Å². The van der Waals surface area contributed by atoms with Crippen LogP contribution >= 0.6 is 27.3 Å². The molecule has 1 heterocycles. The summed E-state index contributed by atoms with van der Waals surface area (Å²) in [5, 5.41) is 0. The zero-order valence-electron chi connectivity index (χ0n) is 10.9. The maximum absolute atomic E-state index is 12.4. The molecule has 0 saturated heterocycles. The summed E-state index contributed by atoms with van der Waals surface area (Å²) in [6.45, 7) is 5.33. The molecule has 0 radical (unpaired) electrons. The second kappa shape index (κ2) is 6.29. The molecule has 0 aliphatic rings. The molecule has 1 aromatic rings. The molecule has 0 spiro atoms. The Morgan fingerprint density at radius 1 is 1.53 bits per heavy atom. The molecule has 0 bridgehead atoms. The van der Waals surface area contributed by atoms with Gasteiger partial charge in [-0.15, -0.1) is 0 Å². The minimum atomic E-state index is -3.78. The van der Waals surface area contributed by atoms with Crippen molar-refractivity contribution < 1.29 is 13.2 Å². The van der Waals surface area contributed by atoms with E-state index in [-0.39, 0.29) is 23.3 Å². The van der Waals surface area contributed by atoms with E-state index in [2.05, 4.69) is 20.9 Å². The van der Waals surface area contributed by atoms with Crippen molar-refractivity contribution in [1.29, 1.82) is 0 Å². The molecule has 0 aromatic carbocycles. The average Bonchev–Trinajstić information content (AvgIpc) is 2.57. The third-order valence-electron chi connectivity index (χ3n) is 2.18. The second-order valence-corrected chi connectivity index (χ2v) is 8.93. The molecular weight excluding hydrogens is 354 g/mol. The van der Waals surface area contributed by atoms with Crippen LogP contribution in [0.2, 0.25) is 0 Å². The maximum Gasteiger partial charge on any atom is 0.270 e. The molecular formula is C10H16BrN3O3S2. The minimum absolute atomic E-state index is 0.0289. The Labute approximate surface area is 125 Å². The highest BCUT2D eigenvalue weighted by atomic mass is 79.9. The van der Waals surface area contributed by atoms with Crippen molar-refractivity contribution in [2.75, 3.05) is 13.1 Å². The van der Waals surface area contributed by atoms with Gasteiger partial charge in [0.2, 0.25) is 10.2 Å². The average molecular weight is 370 g/mol. The number of carbonyl (C=O) groups excluding carboxylic acids is 1. The van der Waals surface area contributed by atoms with Gasteiger partial charge < -0.3 is 5.73 Å². The standard InChI is InChI=1S/C10H16BrN3O3S2/c1-6(2)4-14(5-8(12)15)19(16,17)10-13-7(3)9(11)18-10/h6H,4-5H2,1-3H3,(H2,12,15). The highest BCUT2D eigenvalue weighted by Gasteiger charge is 2.30. The smallest absolute Gasteiger partial charge is 0.270 e. The van der Waals surface area contributed by atoms with Crippen LogP contribution < -0.4 is 5.73 Å². The van der Waals surface area contributed by atoms with Crippen LogP contribution in [0, 0.1) is 12.8 Å². The van der Waals surface area contributed by atoms with Crippen molar-refractivity contribution in [3.8, 4) is 0 Å². The topological polar surface area (TPSA) is 93.4 Å². The predicted molar refractivity (Wildman–Crippen MR) is 77.3 cm³/mol. The number of hydrogen-bond donors (Lipinski definition) is 1. The van der Waals surface area contributed by atoms with Crippen LogP contribution in [0.3, 0.4) is 0 Å². The van der Waals surface area contributed by atoms with E-state index in [1.807, 2.05) is 13.8 Å². The molecule has 19 heavy (non-hydrogen) atoms. The summed E-state index contributed by atoms with van der Waals surface area (Å²) in [6, 6.07) is 0. The Bertz CT molecular complexity index is 549. The molecule has 0 saturated carbocycles. The lowest BCUT2D eigenvalue weighted by Gasteiger charge is -2.21. The third kappa shape index (κ3) is 4.23. The summed E-state index contributed by atoms with van der Waals surface area (Å²) >= 11 is 4.27. The Morgan fingerprint density at radius 2 is 2.11 bits per heavy atom. The van der Waals surface area contributed by atoms with Gasteiger partial charge in [-0.3, -0.25) is 4.79 Å². The van der Waals surface area contributed by atoms with Gasteiger partial charge in [0.1, 0.15) is 0 Å². The third-order valence-corrected chi connectivity index (χ3v) is 6.35. The van der Waals surface area contributed by atoms with E-state index < -0.39 is 15.9 Å². The highest BCUT2D eigenvalue weighted by molar-refractivity contribution is 9.11. The number of primary amides is 1. The number of nitrogens with zero attached hydrogens (tertiary/aromatic N) is 2. The maximum atomic E-state index is 12.4. The SMILES string of the molecule is Cc1nc(S(=O)(=O)N(CC(N)=O)CC(C)C)sc1Br. The van der Waals surface area contributed by atoms with Crippen molar-refractivity contribution in [3.05, 3.63) is 9.48 Å². The van der Waals surface area contributed by atoms with Crippen LogP contribution in [0.4, 0.5) is 0 Å². The van der Waals surface area contributed by atoms with E-state index in [0.29, 0.717) is 9.48 Å². The molecule has 0 fully saturated rings. The number of carbonyl (C=O) groups is 1. The molecule has 0 aliphatic heterocycles. The molecule has 1 amide bonds. The van der Waals surface area contributed by atoms with Gasteiger partial charge in [-0.05, 0) is 28.8 Å². The van der Waals surface area contributed by atoms with Gasteiger partial charge in [-0.25, -0.2) is 13.4 Å². The zero-order chi connectivity index (χ0) is 14.8. The first-order valence-electron chi connectivity index (χ1n) is 5.56. The lowest BCUT2D eigenvalue weighted by molar-refractivity contribution is -0.118. The van der Waals surface area contributed by atoms with Gasteiger partial charge in [0.25, 0.3) is 10.0 Å². The first kappa shape index (κ1) is 16.5. The Morgan fingerprint density at radius 3 is 2.47 bits per heavy atom. The van der Waals surface area contributed by atoms with Gasteiger partial charge in [-0.1, -0.05) is 25.2 Å². The number of amides is 1. The van der Waals surface area contributed by atoms with Crippen LogP contribution in [-0.4, -0.2) is 36.7 Å². The molecule has 1 rings (SSSR count). The molecule has 0 unspecified atom stereocenters. The van der Waals surface area contributed by atoms with Gasteiger partial charge in [0.15, 0.2) is 0 Å². The number of hydrogen-bond acceptors (Lipinski definition) is 5. The fourth-order valence-corrected chi connectivity index (χ4v) is 5.06. The Kier molecular flexibility index (Phi) is 5.48. The summed E-state index contributed by atoms with van der Waals surface area (Å²) in [6.07, 6.45) is 0. The summed E-state index contributed by atoms with van der Waals surface area (Å²) < 4.78 is 26.5. The molecule has 2 N–H and O–H groups in total. The second-order valence-electron chi connectivity index (χ2n) is 4.50. The number of rotatable bonds is 6. The van der Waals surface area contributed by atoms with Crippen molar-refractivity contribution in [2.45, 2.75) is 25.1 Å². The number of halogens is 1. The van der Waals surface area contributed by atoms with Crippen molar-refractivity contribution in [2.24, 2.45) is 11.7 Å². The fourth-order valence-electron chi connectivity index (χ4n) is 1.40. The molecule has 6 nitrogen and oxygen atoms in total. The van der Waals surface area contributed by atoms with Crippen LogP contribution in [0.1, 0.15) is 19.5 Å². The first-order valence-corrected chi connectivity index (χ1v) is 8.61. The number of thiazole rings is 1. The van der Waals surface area contributed by atoms with E-state index in [1.165, 1.54) is 0 Å².